The van der Waals surface area contributed by atoms with Crippen LogP contribution in [-0.4, -0.2) is 44.3 Å². The van der Waals surface area contributed by atoms with Gasteiger partial charge < -0.3 is 10.1 Å². The normalized spacial score (nSPS) is 19.8. The maximum atomic E-state index is 12.0. The number of aromatic nitrogens is 2. The number of nitrogens with zero attached hydrogens (tertiary/aromatic N) is 1. The molecule has 1 saturated heterocycles. The van der Waals surface area contributed by atoms with Gasteiger partial charge in [0.25, 0.3) is 15.0 Å². The summed E-state index contributed by atoms with van der Waals surface area (Å²) in [6.45, 7) is 3.26. The molecule has 112 valence electrons. The molecule has 0 spiro atoms. The summed E-state index contributed by atoms with van der Waals surface area (Å²) in [6, 6.07) is 0. The third kappa shape index (κ3) is 3.50. The Morgan fingerprint density at radius 1 is 1.60 bits per heavy atom. The molecule has 2 heterocycles. The number of amides is 1. The molecule has 20 heavy (non-hydrogen) atoms. The molecule has 1 aromatic heterocycles. The minimum atomic E-state index is -4.02. The van der Waals surface area contributed by atoms with Crippen molar-refractivity contribution in [2.24, 2.45) is 5.92 Å². The van der Waals surface area contributed by atoms with Crippen LogP contribution in [0.2, 0.25) is 0 Å². The molecule has 1 aromatic rings. The Bertz CT molecular complexity index is 593. The van der Waals surface area contributed by atoms with Gasteiger partial charge in [0, 0.05) is 23.8 Å². The number of hydrogen-bond acceptors (Lipinski definition) is 5. The number of H-pyrrole nitrogens is 1. The van der Waals surface area contributed by atoms with Gasteiger partial charge >= 0.3 is 0 Å². The molecular weight excluding hydrogens is 306 g/mol. The minimum absolute atomic E-state index is 0.200. The van der Waals surface area contributed by atoms with E-state index in [2.05, 4.69) is 15.5 Å². The Balaban J connectivity index is 2.06. The number of carbonyl (C=O) groups is 1. The molecule has 2 N–H and O–H groups in total. The number of aromatic amines is 1. The quantitative estimate of drug-likeness (QED) is 0.799. The SMILES string of the molecule is Cc1[nH]nc(C(=O)NCC2CCCOC2)c1S(=O)(=O)Cl. The highest BCUT2D eigenvalue weighted by Gasteiger charge is 2.27. The lowest BCUT2D eigenvalue weighted by Crippen LogP contribution is -2.33. The van der Waals surface area contributed by atoms with Crippen LogP contribution in [0.3, 0.4) is 0 Å². The van der Waals surface area contributed by atoms with E-state index < -0.39 is 15.0 Å². The highest BCUT2D eigenvalue weighted by atomic mass is 35.7. The van der Waals surface area contributed by atoms with Crippen molar-refractivity contribution in [3.05, 3.63) is 11.4 Å². The summed E-state index contributed by atoms with van der Waals surface area (Å²) in [5.41, 5.74) is 0.0420. The highest BCUT2D eigenvalue weighted by molar-refractivity contribution is 8.13. The second-order valence-corrected chi connectivity index (χ2v) is 7.26. The highest BCUT2D eigenvalue weighted by Crippen LogP contribution is 2.22. The van der Waals surface area contributed by atoms with Crippen molar-refractivity contribution < 1.29 is 17.9 Å². The zero-order valence-corrected chi connectivity index (χ0v) is 12.6. The Kier molecular flexibility index (Phi) is 4.66. The molecule has 0 saturated carbocycles. The molecule has 1 amide bonds. The summed E-state index contributed by atoms with van der Waals surface area (Å²) >= 11 is 0. The van der Waals surface area contributed by atoms with Crippen molar-refractivity contribution in [3.8, 4) is 0 Å². The van der Waals surface area contributed by atoms with Gasteiger partial charge in [-0.2, -0.15) is 5.10 Å². The molecule has 0 bridgehead atoms. The number of nitrogens with one attached hydrogen (secondary N) is 2. The molecule has 0 aromatic carbocycles. The first-order valence-corrected chi connectivity index (χ1v) is 8.56. The van der Waals surface area contributed by atoms with Gasteiger partial charge in [-0.25, -0.2) is 8.42 Å². The van der Waals surface area contributed by atoms with Crippen LogP contribution in [0.15, 0.2) is 4.90 Å². The number of rotatable bonds is 4. The van der Waals surface area contributed by atoms with E-state index in [1.165, 1.54) is 6.92 Å². The Morgan fingerprint density at radius 3 is 2.95 bits per heavy atom. The van der Waals surface area contributed by atoms with E-state index in [4.69, 9.17) is 15.4 Å². The third-order valence-corrected chi connectivity index (χ3v) is 4.61. The van der Waals surface area contributed by atoms with E-state index in [-0.39, 0.29) is 22.2 Å². The Hall–Kier alpha value is -1.12. The van der Waals surface area contributed by atoms with Crippen LogP contribution in [0.1, 0.15) is 29.0 Å². The van der Waals surface area contributed by atoms with Crippen molar-refractivity contribution in [2.45, 2.75) is 24.7 Å². The van der Waals surface area contributed by atoms with E-state index >= 15 is 0 Å². The van der Waals surface area contributed by atoms with Crippen molar-refractivity contribution in [2.75, 3.05) is 19.8 Å². The van der Waals surface area contributed by atoms with Crippen LogP contribution >= 0.6 is 10.7 Å². The number of halogens is 1. The molecule has 7 nitrogen and oxygen atoms in total. The summed E-state index contributed by atoms with van der Waals surface area (Å²) in [7, 11) is 1.30. The van der Waals surface area contributed by atoms with Gasteiger partial charge in [-0.1, -0.05) is 0 Å². The molecule has 0 radical (unpaired) electrons. The molecule has 1 fully saturated rings. The minimum Gasteiger partial charge on any atom is -0.381 e. The molecule has 9 heteroatoms. The zero-order valence-electron chi connectivity index (χ0n) is 11.0. The maximum Gasteiger partial charge on any atom is 0.273 e. The lowest BCUT2D eigenvalue weighted by atomic mass is 10.0. The van der Waals surface area contributed by atoms with Crippen LogP contribution in [-0.2, 0) is 13.8 Å². The summed E-state index contributed by atoms with van der Waals surface area (Å²) in [5, 5.41) is 8.85. The Labute approximate surface area is 121 Å². The topological polar surface area (TPSA) is 101 Å². The lowest BCUT2D eigenvalue weighted by molar-refractivity contribution is 0.0535. The smallest absolute Gasteiger partial charge is 0.273 e. The van der Waals surface area contributed by atoms with E-state index in [1.54, 1.807) is 0 Å². The molecule has 1 unspecified atom stereocenters. The predicted octanol–water partition coefficient (Wildman–Crippen LogP) is 0.802. The van der Waals surface area contributed by atoms with Gasteiger partial charge in [-0.15, -0.1) is 0 Å². The summed E-state index contributed by atoms with van der Waals surface area (Å²) in [5.74, 6) is -0.317. The average molecular weight is 322 g/mol. The first-order chi connectivity index (χ1) is 9.39. The van der Waals surface area contributed by atoms with Crippen LogP contribution in [0.5, 0.6) is 0 Å². The number of hydrogen-bond donors (Lipinski definition) is 2. The molecule has 2 rings (SSSR count). The van der Waals surface area contributed by atoms with E-state index in [0.717, 1.165) is 19.4 Å². The lowest BCUT2D eigenvalue weighted by Gasteiger charge is -2.21. The number of carbonyl (C=O) groups excluding carboxylic acids is 1. The van der Waals surface area contributed by atoms with E-state index in [0.29, 0.717) is 13.2 Å². The van der Waals surface area contributed by atoms with Crippen molar-refractivity contribution in [1.29, 1.82) is 0 Å². The predicted molar refractivity (Wildman–Crippen MR) is 72.2 cm³/mol. The summed E-state index contributed by atoms with van der Waals surface area (Å²) < 4.78 is 28.2. The zero-order chi connectivity index (χ0) is 14.8. The second-order valence-electron chi connectivity index (χ2n) is 4.76. The van der Waals surface area contributed by atoms with Crippen LogP contribution in [0, 0.1) is 12.8 Å². The van der Waals surface area contributed by atoms with Crippen molar-refractivity contribution >= 4 is 25.6 Å². The fourth-order valence-electron chi connectivity index (χ4n) is 2.16. The Morgan fingerprint density at radius 2 is 2.35 bits per heavy atom. The van der Waals surface area contributed by atoms with Crippen LogP contribution in [0.25, 0.3) is 0 Å². The standard InChI is InChI=1S/C11H16ClN3O4S/c1-7-10(20(12,17)18)9(15-14-7)11(16)13-5-8-3-2-4-19-6-8/h8H,2-6H2,1H3,(H,13,16)(H,14,15). The van der Waals surface area contributed by atoms with Gasteiger partial charge in [0.05, 0.1) is 12.3 Å². The van der Waals surface area contributed by atoms with Gasteiger partial charge in [0.2, 0.25) is 0 Å². The molecule has 1 aliphatic heterocycles. The first-order valence-electron chi connectivity index (χ1n) is 6.25. The number of ether oxygens (including phenoxy) is 1. The van der Waals surface area contributed by atoms with E-state index in [9.17, 15) is 13.2 Å². The van der Waals surface area contributed by atoms with Gasteiger partial charge in [0.15, 0.2) is 5.69 Å². The average Bonchev–Trinajstić information content (AvgIpc) is 2.79. The first kappa shape index (κ1) is 15.3. The molecule has 1 atom stereocenters. The fraction of sp³-hybridized carbons (Fsp3) is 0.636. The van der Waals surface area contributed by atoms with Crippen molar-refractivity contribution in [1.82, 2.24) is 15.5 Å². The second kappa shape index (κ2) is 6.11. The van der Waals surface area contributed by atoms with Gasteiger partial charge in [-0.05, 0) is 25.7 Å². The summed E-state index contributed by atoms with van der Waals surface area (Å²) in [6.07, 6.45) is 1.93. The van der Waals surface area contributed by atoms with Crippen LogP contribution in [0.4, 0.5) is 0 Å². The van der Waals surface area contributed by atoms with Crippen molar-refractivity contribution in [3.63, 3.8) is 0 Å². The molecular formula is C11H16ClN3O4S. The van der Waals surface area contributed by atoms with Gasteiger partial charge in [-0.3, -0.25) is 9.89 Å². The number of aryl methyl sites for hydroxylation is 1. The van der Waals surface area contributed by atoms with Crippen LogP contribution < -0.4 is 5.32 Å². The molecule has 0 aliphatic carbocycles. The van der Waals surface area contributed by atoms with E-state index in [1.807, 2.05) is 0 Å². The molecule has 1 aliphatic rings. The maximum absolute atomic E-state index is 12.0. The third-order valence-electron chi connectivity index (χ3n) is 3.16. The fourth-order valence-corrected chi connectivity index (χ4v) is 3.51. The monoisotopic (exact) mass is 321 g/mol. The summed E-state index contributed by atoms with van der Waals surface area (Å²) in [4.78, 5) is 11.7. The van der Waals surface area contributed by atoms with Gasteiger partial charge in [0.1, 0.15) is 4.90 Å². The largest absolute Gasteiger partial charge is 0.381 e.